The highest BCUT2D eigenvalue weighted by molar-refractivity contribution is 6.27. The highest BCUT2D eigenvalue weighted by Gasteiger charge is 2.21. The molecule has 0 saturated carbocycles. The molecule has 0 unspecified atom stereocenters. The highest BCUT2D eigenvalue weighted by Crippen LogP contribution is 1.98. The fourth-order valence-corrected chi connectivity index (χ4v) is 0.879. The van der Waals surface area contributed by atoms with E-state index < -0.39 is 0 Å². The molecule has 0 atom stereocenters. The van der Waals surface area contributed by atoms with Gasteiger partial charge in [-0.1, -0.05) is 0 Å². The Hall–Kier alpha value is -0.770. The van der Waals surface area contributed by atoms with Crippen LogP contribution in [0.2, 0.25) is 0 Å². The van der Waals surface area contributed by atoms with Gasteiger partial charge in [-0.15, -0.1) is 11.6 Å². The fourth-order valence-electron chi connectivity index (χ4n) is 0.735. The van der Waals surface area contributed by atoms with Gasteiger partial charge in [0.05, 0.1) is 6.54 Å². The van der Waals surface area contributed by atoms with Gasteiger partial charge in [-0.25, -0.2) is 0 Å². The number of carbonyl (C=O) groups excluding carboxylic acids is 2. The van der Waals surface area contributed by atoms with Gasteiger partial charge in [0, 0.05) is 6.42 Å². The zero-order valence-electron chi connectivity index (χ0n) is 5.26. The molecule has 0 aromatic rings. The zero-order valence-corrected chi connectivity index (χ0v) is 6.02. The van der Waals surface area contributed by atoms with Gasteiger partial charge in [-0.3, -0.25) is 20.0 Å². The van der Waals surface area contributed by atoms with E-state index in [0.717, 1.165) is 0 Å². The Labute approximate surface area is 63.1 Å². The van der Waals surface area contributed by atoms with E-state index in [1.165, 1.54) is 5.01 Å². The zero-order chi connectivity index (χ0) is 7.56. The molecule has 5 heteroatoms. The van der Waals surface area contributed by atoms with Gasteiger partial charge in [-0.2, -0.15) is 0 Å². The maximum absolute atomic E-state index is 10.7. The third-order valence-electron chi connectivity index (χ3n) is 1.24. The Morgan fingerprint density at radius 3 is 2.90 bits per heavy atom. The van der Waals surface area contributed by atoms with Crippen molar-refractivity contribution in [2.75, 3.05) is 12.4 Å². The summed E-state index contributed by atoms with van der Waals surface area (Å²) in [5.41, 5.74) is 2.36. The normalized spacial score (nSPS) is 17.3. The molecule has 0 aromatic carbocycles. The Bertz CT molecular complexity index is 171. The van der Waals surface area contributed by atoms with Crippen molar-refractivity contribution in [2.24, 2.45) is 0 Å². The minimum absolute atomic E-state index is 0.0831. The summed E-state index contributed by atoms with van der Waals surface area (Å²) in [4.78, 5) is 21.3. The number of rotatable bonds is 1. The van der Waals surface area contributed by atoms with E-state index in [1.54, 1.807) is 0 Å². The Morgan fingerprint density at radius 1 is 1.80 bits per heavy atom. The van der Waals surface area contributed by atoms with Crippen LogP contribution in [0.1, 0.15) is 6.42 Å². The molecule has 1 saturated heterocycles. The summed E-state index contributed by atoms with van der Waals surface area (Å²) < 4.78 is 0. The van der Waals surface area contributed by atoms with Crippen LogP contribution in [0.4, 0.5) is 0 Å². The van der Waals surface area contributed by atoms with Gasteiger partial charge in [0.25, 0.3) is 5.91 Å². The first kappa shape index (κ1) is 7.34. The molecule has 0 aliphatic carbocycles. The number of nitrogens with zero attached hydrogens (tertiary/aromatic N) is 1. The molecule has 10 heavy (non-hydrogen) atoms. The van der Waals surface area contributed by atoms with Crippen LogP contribution in [0, 0.1) is 0 Å². The lowest BCUT2D eigenvalue weighted by atomic mass is 10.4. The number of halogens is 1. The first-order chi connectivity index (χ1) is 4.74. The van der Waals surface area contributed by atoms with Crippen molar-refractivity contribution in [3.8, 4) is 0 Å². The second kappa shape index (κ2) is 2.88. The lowest BCUT2D eigenvalue weighted by molar-refractivity contribution is -0.134. The van der Waals surface area contributed by atoms with E-state index in [9.17, 15) is 9.59 Å². The van der Waals surface area contributed by atoms with Crippen LogP contribution in [-0.2, 0) is 9.59 Å². The number of carbonyl (C=O) groups is 2. The summed E-state index contributed by atoms with van der Waals surface area (Å²) in [5.74, 6) is -0.466. The van der Waals surface area contributed by atoms with Gasteiger partial charge in [0.2, 0.25) is 5.91 Å². The van der Waals surface area contributed by atoms with Gasteiger partial charge in [0.15, 0.2) is 0 Å². The third-order valence-corrected chi connectivity index (χ3v) is 1.47. The van der Waals surface area contributed by atoms with E-state index in [0.29, 0.717) is 13.0 Å². The largest absolute Gasteiger partial charge is 0.273 e. The van der Waals surface area contributed by atoms with Crippen molar-refractivity contribution < 1.29 is 9.59 Å². The summed E-state index contributed by atoms with van der Waals surface area (Å²) in [6, 6.07) is 0. The monoisotopic (exact) mass is 162 g/mol. The number of amides is 2. The summed E-state index contributed by atoms with van der Waals surface area (Å²) in [5, 5.41) is 1.23. The molecule has 0 radical (unpaired) electrons. The first-order valence-corrected chi connectivity index (χ1v) is 3.43. The van der Waals surface area contributed by atoms with Crippen molar-refractivity contribution >= 4 is 23.4 Å². The van der Waals surface area contributed by atoms with Crippen LogP contribution in [-0.4, -0.2) is 29.2 Å². The number of hydrogen-bond acceptors (Lipinski definition) is 2. The topological polar surface area (TPSA) is 49.4 Å². The molecule has 1 aliphatic heterocycles. The Morgan fingerprint density at radius 2 is 2.50 bits per heavy atom. The Balaban J connectivity index is 2.44. The van der Waals surface area contributed by atoms with Gasteiger partial charge in [0.1, 0.15) is 5.88 Å². The summed E-state index contributed by atoms with van der Waals surface area (Å²) in [6.45, 7) is 0.435. The maximum atomic E-state index is 10.7. The molecule has 1 N–H and O–H groups in total. The first-order valence-electron chi connectivity index (χ1n) is 2.90. The Kier molecular flexibility index (Phi) is 2.11. The molecule has 1 fully saturated rings. The van der Waals surface area contributed by atoms with E-state index >= 15 is 0 Å². The van der Waals surface area contributed by atoms with Crippen molar-refractivity contribution in [1.82, 2.24) is 10.4 Å². The van der Waals surface area contributed by atoms with Crippen LogP contribution in [0.3, 0.4) is 0 Å². The van der Waals surface area contributed by atoms with Crippen molar-refractivity contribution in [1.29, 1.82) is 0 Å². The average Bonchev–Trinajstić information content (AvgIpc) is 2.34. The lowest BCUT2D eigenvalue weighted by Crippen LogP contribution is -2.39. The van der Waals surface area contributed by atoms with E-state index in [4.69, 9.17) is 11.6 Å². The molecule has 4 nitrogen and oxygen atoms in total. The smallest absolute Gasteiger partial charge is 0.255 e. The van der Waals surface area contributed by atoms with E-state index in [-0.39, 0.29) is 17.7 Å². The molecule has 1 heterocycles. The SMILES string of the molecule is O=C1CCN(C(=O)CCl)N1. The van der Waals surface area contributed by atoms with Crippen LogP contribution >= 0.6 is 11.6 Å². The molecule has 0 bridgehead atoms. The minimum Gasteiger partial charge on any atom is -0.273 e. The summed E-state index contributed by atoms with van der Waals surface area (Å²) in [6.07, 6.45) is 0.378. The van der Waals surface area contributed by atoms with Crippen LogP contribution in [0.15, 0.2) is 0 Å². The standard InChI is InChI=1S/C5H7ClN2O2/c6-3-5(10)8-2-1-4(9)7-8/h1-3H2,(H,7,9). The molecule has 1 rings (SSSR count). The summed E-state index contributed by atoms with van der Waals surface area (Å²) in [7, 11) is 0. The van der Waals surface area contributed by atoms with Crippen LogP contribution in [0.5, 0.6) is 0 Å². The number of alkyl halides is 1. The molecular formula is C5H7ClN2O2. The second-order valence-electron chi connectivity index (χ2n) is 1.96. The number of nitrogens with one attached hydrogen (secondary N) is 1. The van der Waals surface area contributed by atoms with E-state index in [1.807, 2.05) is 0 Å². The molecule has 0 spiro atoms. The highest BCUT2D eigenvalue weighted by atomic mass is 35.5. The maximum Gasteiger partial charge on any atom is 0.255 e. The van der Waals surface area contributed by atoms with Gasteiger partial charge >= 0.3 is 0 Å². The molecule has 0 aromatic heterocycles. The van der Waals surface area contributed by atoms with Crippen LogP contribution < -0.4 is 5.43 Å². The quantitative estimate of drug-likeness (QED) is 0.528. The van der Waals surface area contributed by atoms with Gasteiger partial charge < -0.3 is 0 Å². The van der Waals surface area contributed by atoms with E-state index in [2.05, 4.69) is 5.43 Å². The number of hydrazine groups is 1. The fraction of sp³-hybridized carbons (Fsp3) is 0.600. The van der Waals surface area contributed by atoms with Crippen molar-refractivity contribution in [3.63, 3.8) is 0 Å². The van der Waals surface area contributed by atoms with Crippen molar-refractivity contribution in [3.05, 3.63) is 0 Å². The van der Waals surface area contributed by atoms with Gasteiger partial charge in [-0.05, 0) is 0 Å². The molecule has 2 amide bonds. The number of hydrogen-bond donors (Lipinski definition) is 1. The summed E-state index contributed by atoms with van der Waals surface area (Å²) >= 11 is 5.24. The lowest BCUT2D eigenvalue weighted by Gasteiger charge is -2.11. The molecular weight excluding hydrogens is 156 g/mol. The predicted molar refractivity (Wildman–Crippen MR) is 35.2 cm³/mol. The second-order valence-corrected chi connectivity index (χ2v) is 2.23. The minimum atomic E-state index is -0.257. The van der Waals surface area contributed by atoms with Crippen LogP contribution in [0.25, 0.3) is 0 Å². The van der Waals surface area contributed by atoms with Crippen molar-refractivity contribution in [2.45, 2.75) is 6.42 Å². The molecule has 1 aliphatic rings. The average molecular weight is 163 g/mol. The third kappa shape index (κ3) is 1.39. The molecule has 56 valence electrons. The predicted octanol–water partition coefficient (Wildman–Crippen LogP) is -0.511.